The Labute approximate surface area is 100 Å². The molecule has 2 rings (SSSR count). The first-order valence-corrected chi connectivity index (χ1v) is 6.35. The first kappa shape index (κ1) is 11.2. The molecule has 2 nitrogen and oxygen atoms in total. The summed E-state index contributed by atoms with van der Waals surface area (Å²) in [6.45, 7) is 2.90. The van der Waals surface area contributed by atoms with Crippen molar-refractivity contribution in [1.82, 2.24) is 5.32 Å². The Balaban J connectivity index is 1.59. The zero-order valence-electron chi connectivity index (χ0n) is 9.15. The number of hydrogen-bond donors (Lipinski definition) is 2. The first-order chi connectivity index (χ1) is 7.95. The summed E-state index contributed by atoms with van der Waals surface area (Å²) in [5.41, 5.74) is 1.18. The zero-order chi connectivity index (χ0) is 11.1. The lowest BCUT2D eigenvalue weighted by Crippen LogP contribution is -2.21. The van der Waals surface area contributed by atoms with E-state index in [-0.39, 0.29) is 0 Å². The third-order valence-electron chi connectivity index (χ3n) is 2.28. The van der Waals surface area contributed by atoms with Gasteiger partial charge in [-0.2, -0.15) is 0 Å². The van der Waals surface area contributed by atoms with Crippen LogP contribution in [0.15, 0.2) is 47.8 Å². The summed E-state index contributed by atoms with van der Waals surface area (Å²) >= 11 is 1.79. The van der Waals surface area contributed by atoms with E-state index in [0.717, 1.165) is 19.6 Å². The first-order valence-electron chi connectivity index (χ1n) is 5.47. The molecule has 0 amide bonds. The fourth-order valence-corrected chi connectivity index (χ4v) is 2.15. The van der Waals surface area contributed by atoms with E-state index < -0.39 is 0 Å². The van der Waals surface area contributed by atoms with Crippen LogP contribution >= 0.6 is 11.3 Å². The molecule has 0 saturated carbocycles. The third kappa shape index (κ3) is 3.68. The molecular weight excluding hydrogens is 216 g/mol. The maximum Gasteiger partial charge on any atom is 0.0340 e. The average molecular weight is 232 g/mol. The van der Waals surface area contributed by atoms with Gasteiger partial charge in [-0.25, -0.2) is 0 Å². The van der Waals surface area contributed by atoms with Crippen LogP contribution in [-0.4, -0.2) is 13.1 Å². The lowest BCUT2D eigenvalue weighted by molar-refractivity contribution is 0.714. The van der Waals surface area contributed by atoms with Gasteiger partial charge in [-0.1, -0.05) is 24.3 Å². The highest BCUT2D eigenvalue weighted by Gasteiger charge is 1.92. The van der Waals surface area contributed by atoms with Crippen LogP contribution in [-0.2, 0) is 6.54 Å². The smallest absolute Gasteiger partial charge is 0.0340 e. The number of benzene rings is 1. The van der Waals surface area contributed by atoms with Crippen LogP contribution in [0, 0.1) is 0 Å². The minimum absolute atomic E-state index is 0.954. The van der Waals surface area contributed by atoms with E-state index in [4.69, 9.17) is 0 Å². The summed E-state index contributed by atoms with van der Waals surface area (Å²) in [7, 11) is 0. The number of para-hydroxylation sites is 1. The molecule has 0 fully saturated rings. The standard InChI is InChI=1S/C13H16N2S/c1-2-5-12(6-3-1)15-9-8-14-11-13-7-4-10-16-13/h1-7,10,14-15H,8-9,11H2. The van der Waals surface area contributed by atoms with Gasteiger partial charge in [0.1, 0.15) is 0 Å². The fourth-order valence-electron chi connectivity index (χ4n) is 1.48. The largest absolute Gasteiger partial charge is 0.384 e. The summed E-state index contributed by atoms with van der Waals surface area (Å²) in [5.74, 6) is 0. The topological polar surface area (TPSA) is 24.1 Å². The predicted octanol–water partition coefficient (Wildman–Crippen LogP) is 2.95. The van der Waals surface area contributed by atoms with Gasteiger partial charge in [0.05, 0.1) is 0 Å². The Morgan fingerprint density at radius 2 is 1.81 bits per heavy atom. The molecule has 84 valence electrons. The van der Waals surface area contributed by atoms with Crippen LogP contribution < -0.4 is 10.6 Å². The van der Waals surface area contributed by atoms with Crippen LogP contribution in [0.3, 0.4) is 0 Å². The minimum Gasteiger partial charge on any atom is -0.384 e. The average Bonchev–Trinajstić information content (AvgIpc) is 2.83. The summed E-state index contributed by atoms with van der Waals surface area (Å²) in [5, 5.41) is 8.88. The molecule has 0 aliphatic rings. The van der Waals surface area contributed by atoms with Crippen molar-refractivity contribution < 1.29 is 0 Å². The van der Waals surface area contributed by atoms with Gasteiger partial charge < -0.3 is 10.6 Å². The molecule has 0 radical (unpaired) electrons. The maximum absolute atomic E-state index is 3.41. The van der Waals surface area contributed by atoms with Crippen molar-refractivity contribution in [1.29, 1.82) is 0 Å². The Morgan fingerprint density at radius 1 is 0.938 bits per heavy atom. The van der Waals surface area contributed by atoms with Crippen LogP contribution in [0.25, 0.3) is 0 Å². The molecule has 3 heteroatoms. The molecular formula is C13H16N2S. The van der Waals surface area contributed by atoms with Gasteiger partial charge in [0, 0.05) is 30.2 Å². The van der Waals surface area contributed by atoms with Crippen LogP contribution in [0.1, 0.15) is 4.88 Å². The molecule has 0 unspecified atom stereocenters. The second kappa shape index (κ2) is 6.30. The van der Waals surface area contributed by atoms with E-state index in [2.05, 4.69) is 40.3 Å². The molecule has 2 aromatic rings. The Morgan fingerprint density at radius 3 is 2.56 bits per heavy atom. The second-order valence-electron chi connectivity index (χ2n) is 3.55. The van der Waals surface area contributed by atoms with E-state index in [1.165, 1.54) is 10.6 Å². The van der Waals surface area contributed by atoms with E-state index in [1.54, 1.807) is 11.3 Å². The van der Waals surface area contributed by atoms with E-state index >= 15 is 0 Å². The Kier molecular flexibility index (Phi) is 4.40. The summed E-state index contributed by atoms with van der Waals surface area (Å²) in [6.07, 6.45) is 0. The van der Waals surface area contributed by atoms with Gasteiger partial charge in [-0.15, -0.1) is 11.3 Å². The van der Waals surface area contributed by atoms with Gasteiger partial charge in [0.25, 0.3) is 0 Å². The normalized spacial score (nSPS) is 10.2. The van der Waals surface area contributed by atoms with Crippen molar-refractivity contribution in [3.8, 4) is 0 Å². The molecule has 1 aromatic carbocycles. The van der Waals surface area contributed by atoms with Crippen molar-refractivity contribution in [3.05, 3.63) is 52.7 Å². The SMILES string of the molecule is c1ccc(NCCNCc2cccs2)cc1. The van der Waals surface area contributed by atoms with Crippen molar-refractivity contribution >= 4 is 17.0 Å². The zero-order valence-corrected chi connectivity index (χ0v) is 9.96. The number of rotatable bonds is 6. The predicted molar refractivity (Wildman–Crippen MR) is 71.0 cm³/mol. The van der Waals surface area contributed by atoms with Gasteiger partial charge >= 0.3 is 0 Å². The minimum atomic E-state index is 0.954. The quantitative estimate of drug-likeness (QED) is 0.748. The summed E-state index contributed by atoms with van der Waals surface area (Å²) in [6, 6.07) is 14.5. The van der Waals surface area contributed by atoms with Crippen LogP contribution in [0.4, 0.5) is 5.69 Å². The van der Waals surface area contributed by atoms with Crippen molar-refractivity contribution in [2.24, 2.45) is 0 Å². The Hall–Kier alpha value is -1.32. The molecule has 0 atom stereocenters. The highest BCUT2D eigenvalue weighted by Crippen LogP contribution is 2.07. The van der Waals surface area contributed by atoms with Crippen LogP contribution in [0.2, 0.25) is 0 Å². The highest BCUT2D eigenvalue weighted by molar-refractivity contribution is 7.09. The maximum atomic E-state index is 3.41. The Bertz CT molecular complexity index is 384. The van der Waals surface area contributed by atoms with Gasteiger partial charge in [-0.05, 0) is 23.6 Å². The molecule has 0 spiro atoms. The number of hydrogen-bond acceptors (Lipinski definition) is 3. The third-order valence-corrected chi connectivity index (χ3v) is 3.16. The van der Waals surface area contributed by atoms with E-state index in [0.29, 0.717) is 0 Å². The van der Waals surface area contributed by atoms with E-state index in [1.807, 2.05) is 18.2 Å². The van der Waals surface area contributed by atoms with Crippen molar-refractivity contribution in [2.45, 2.75) is 6.54 Å². The number of nitrogens with one attached hydrogen (secondary N) is 2. The second-order valence-corrected chi connectivity index (χ2v) is 4.58. The molecule has 0 aliphatic carbocycles. The van der Waals surface area contributed by atoms with Gasteiger partial charge in [0.15, 0.2) is 0 Å². The molecule has 1 aromatic heterocycles. The monoisotopic (exact) mass is 232 g/mol. The molecule has 0 bridgehead atoms. The lowest BCUT2D eigenvalue weighted by atomic mass is 10.3. The fraction of sp³-hybridized carbons (Fsp3) is 0.231. The van der Waals surface area contributed by atoms with Crippen molar-refractivity contribution in [2.75, 3.05) is 18.4 Å². The number of anilines is 1. The number of thiophene rings is 1. The molecule has 0 saturated heterocycles. The molecule has 2 N–H and O–H groups in total. The van der Waals surface area contributed by atoms with Gasteiger partial charge in [0.2, 0.25) is 0 Å². The van der Waals surface area contributed by atoms with Crippen LogP contribution in [0.5, 0.6) is 0 Å². The van der Waals surface area contributed by atoms with Gasteiger partial charge in [-0.3, -0.25) is 0 Å². The molecule has 16 heavy (non-hydrogen) atoms. The molecule has 1 heterocycles. The molecule has 0 aliphatic heterocycles. The van der Waals surface area contributed by atoms with E-state index in [9.17, 15) is 0 Å². The van der Waals surface area contributed by atoms with Crippen molar-refractivity contribution in [3.63, 3.8) is 0 Å². The summed E-state index contributed by atoms with van der Waals surface area (Å²) in [4.78, 5) is 1.39. The summed E-state index contributed by atoms with van der Waals surface area (Å²) < 4.78 is 0. The lowest BCUT2D eigenvalue weighted by Gasteiger charge is -2.06. The highest BCUT2D eigenvalue weighted by atomic mass is 32.1.